The van der Waals surface area contributed by atoms with Crippen LogP contribution in [0.1, 0.15) is 11.1 Å². The predicted octanol–water partition coefficient (Wildman–Crippen LogP) is 9.11. The number of rotatable bonds is 14. The van der Waals surface area contributed by atoms with Gasteiger partial charge in [0, 0.05) is 0 Å². The van der Waals surface area contributed by atoms with Crippen LogP contribution in [0.4, 0.5) is 26.3 Å². The van der Waals surface area contributed by atoms with Crippen molar-refractivity contribution in [2.24, 2.45) is 0 Å². The van der Waals surface area contributed by atoms with Gasteiger partial charge in [-0.1, -0.05) is 109 Å². The maximum absolute atomic E-state index is 12.3. The lowest BCUT2D eigenvalue weighted by Gasteiger charge is -2.27. The van der Waals surface area contributed by atoms with Crippen LogP contribution < -0.4 is 46.5 Å². The molecule has 0 amide bonds. The van der Waals surface area contributed by atoms with Crippen molar-refractivity contribution in [2.75, 3.05) is 25.0 Å². The number of halogens is 8. The molecule has 0 saturated carbocycles. The molecule has 16 heteroatoms. The van der Waals surface area contributed by atoms with Crippen LogP contribution in [0.15, 0.2) is 200 Å². The van der Waals surface area contributed by atoms with Gasteiger partial charge in [-0.15, -0.1) is 23.2 Å². The zero-order valence-electron chi connectivity index (χ0n) is 33.9. The minimum Gasteiger partial charge on any atom is -0.860 e. The molecule has 0 heterocycles. The van der Waals surface area contributed by atoms with Gasteiger partial charge in [0.15, 0.2) is 0 Å². The Morgan fingerprint density at radius 1 is 0.406 bits per heavy atom. The molecule has 5 nitrogen and oxygen atoms in total. The van der Waals surface area contributed by atoms with Crippen LogP contribution in [0, 0.1) is 0 Å². The fourth-order valence-corrected chi connectivity index (χ4v) is 14.0. The van der Waals surface area contributed by atoms with E-state index in [9.17, 15) is 36.4 Å². The molecule has 0 aliphatic carbocycles. The second-order valence-corrected chi connectivity index (χ2v) is 20.2. The van der Waals surface area contributed by atoms with E-state index in [1.54, 1.807) is 0 Å². The third-order valence-corrected chi connectivity index (χ3v) is 16.8. The van der Waals surface area contributed by atoms with Crippen molar-refractivity contribution in [3.05, 3.63) is 211 Å². The van der Waals surface area contributed by atoms with Crippen LogP contribution in [0.2, 0.25) is 0 Å². The molecule has 7 aromatic rings. The lowest BCUT2D eigenvalue weighted by atomic mass is 10.1. The molecule has 0 fully saturated rings. The molecule has 0 saturated heterocycles. The molecule has 0 N–H and O–H groups in total. The van der Waals surface area contributed by atoms with Crippen LogP contribution in [0.25, 0.3) is 0 Å². The first kappa shape index (κ1) is 50.3. The van der Waals surface area contributed by atoms with E-state index in [4.69, 9.17) is 32.2 Å². The Bertz CT molecular complexity index is 2060. The molecule has 7 aromatic carbocycles. The molecule has 7 rings (SSSR count). The summed E-state index contributed by atoms with van der Waals surface area (Å²) in [6.07, 6.45) is -10.1. The van der Waals surface area contributed by atoms with Gasteiger partial charge < -0.3 is 14.7 Å². The minimum atomic E-state index is -5.05. The molecule has 0 radical (unpaired) electrons. The molecule has 0 aliphatic rings. The summed E-state index contributed by atoms with van der Waals surface area (Å²) in [5.41, 5.74) is -3.32. The first-order chi connectivity index (χ1) is 30.8. The van der Waals surface area contributed by atoms with Gasteiger partial charge >= 0.3 is 12.4 Å². The van der Waals surface area contributed by atoms with Gasteiger partial charge in [-0.25, -0.2) is 9.05 Å². The molecule has 332 valence electrons. The molecule has 0 unspecified atom stereocenters. The Kier molecular flexibility index (Phi) is 18.8. The van der Waals surface area contributed by atoms with Crippen molar-refractivity contribution >= 4 is 77.3 Å². The summed E-state index contributed by atoms with van der Waals surface area (Å²) in [7, 11) is -7.33. The van der Waals surface area contributed by atoms with Crippen molar-refractivity contribution in [1.82, 2.24) is 0 Å². The molecule has 0 spiro atoms. The average Bonchev–Trinajstić information content (AvgIpc) is 3.31. The minimum absolute atomic E-state index is 0.141. The quantitative estimate of drug-likeness (QED) is 0.0471. The van der Waals surface area contributed by atoms with E-state index in [2.05, 4.69) is 150 Å². The van der Waals surface area contributed by atoms with E-state index in [1.165, 1.54) is 31.8 Å². The topological polar surface area (TPSA) is 73.8 Å². The molecule has 0 bridgehead atoms. The van der Waals surface area contributed by atoms with Crippen LogP contribution in [-0.2, 0) is 21.4 Å². The van der Waals surface area contributed by atoms with Gasteiger partial charge in [0.2, 0.25) is 15.0 Å². The van der Waals surface area contributed by atoms with Gasteiger partial charge in [-0.3, -0.25) is 0 Å². The summed E-state index contributed by atoms with van der Waals surface area (Å²) in [6, 6.07) is 63.1. The van der Waals surface area contributed by atoms with Gasteiger partial charge in [0.1, 0.15) is 52.4 Å². The van der Waals surface area contributed by atoms with E-state index in [0.29, 0.717) is 25.0 Å². The van der Waals surface area contributed by atoms with E-state index in [0.717, 1.165) is 0 Å². The summed E-state index contributed by atoms with van der Waals surface area (Å²) >= 11 is 11.9. The number of alkyl halides is 8. The van der Waals surface area contributed by atoms with Crippen molar-refractivity contribution in [3.63, 3.8) is 0 Å². The molecular formula is C48H41BCl2F6O5P2. The van der Waals surface area contributed by atoms with Gasteiger partial charge in [0.25, 0.3) is 0 Å². The molecule has 0 atom stereocenters. The van der Waals surface area contributed by atoms with Crippen LogP contribution in [0.5, 0.6) is 5.75 Å². The Morgan fingerprint density at radius 3 is 0.828 bits per heavy atom. The number of hydrogen-bond donors (Lipinski definition) is 0. The van der Waals surface area contributed by atoms with Crippen LogP contribution in [0.3, 0.4) is 0 Å². The van der Waals surface area contributed by atoms with Gasteiger partial charge in [0.05, 0.1) is 28.6 Å². The monoisotopic (exact) mass is 954 g/mol. The predicted molar refractivity (Wildman–Crippen MR) is 246 cm³/mol. The highest BCUT2D eigenvalue weighted by molar-refractivity contribution is 7.92. The fraction of sp³-hybridized carbons (Fsp3) is 0.125. The summed E-state index contributed by atoms with van der Waals surface area (Å²) in [5.74, 6) is -0.116. The van der Waals surface area contributed by atoms with E-state index in [1.807, 2.05) is 36.4 Å². The Hall–Kier alpha value is -4.74. The second-order valence-electron chi connectivity index (χ2n) is 13.4. The van der Waals surface area contributed by atoms with Crippen molar-refractivity contribution in [3.8, 4) is 5.75 Å². The molecule has 0 aliphatic heterocycles. The van der Waals surface area contributed by atoms with Crippen LogP contribution in [-0.4, -0.2) is 32.3 Å². The lowest BCUT2D eigenvalue weighted by Crippen LogP contribution is -2.50. The number of hydrogen-bond acceptors (Lipinski definition) is 5. The normalized spacial score (nSPS) is 11.7. The number of benzene rings is 7. The molecule has 0 aromatic heterocycles. The maximum atomic E-state index is 12.3. The second kappa shape index (κ2) is 24.0. The summed E-state index contributed by atoms with van der Waals surface area (Å²) in [4.78, 5) is 0. The SMILES string of the molecule is ClCCO[P+](c1ccccc1)(c1ccccc1)c1ccccc1.ClCCO[P+](c1ccccc1)(c1ccccc1)c1ccccc1.[O-]B([O-])Oc1cc(C(F)(F)F)cc(C(F)(F)F)c1. The highest BCUT2D eigenvalue weighted by Gasteiger charge is 2.49. The molecular weight excluding hydrogens is 914 g/mol. The Labute approximate surface area is 380 Å². The zero-order chi connectivity index (χ0) is 46.1. The van der Waals surface area contributed by atoms with Crippen molar-refractivity contribution in [1.29, 1.82) is 0 Å². The van der Waals surface area contributed by atoms with Gasteiger partial charge in [-0.2, -0.15) is 26.3 Å². The third-order valence-electron chi connectivity index (χ3n) is 9.24. The smallest absolute Gasteiger partial charge is 0.416 e. The zero-order valence-corrected chi connectivity index (χ0v) is 37.2. The summed E-state index contributed by atoms with van der Waals surface area (Å²) in [6.45, 7) is 1.04. The standard InChI is InChI=1S/2C20H19ClOP.C8H3BF6O3/c2*21-16-17-22-23(18-10-4-1-5-11-18,19-12-6-2-7-13-19)20-14-8-3-9-15-20;10-7(11,12)4-1-5(8(13,14)15)3-6(2-4)18-9(16)17/h2*1-15H,16-17H2;1-3H/q2*+1;-2. The van der Waals surface area contributed by atoms with Crippen LogP contribution >= 0.6 is 38.2 Å². The largest absolute Gasteiger partial charge is 0.860 e. The highest BCUT2D eigenvalue weighted by Crippen LogP contribution is 2.57. The van der Waals surface area contributed by atoms with Crippen molar-refractivity contribution in [2.45, 2.75) is 12.4 Å². The van der Waals surface area contributed by atoms with E-state index in [-0.39, 0.29) is 18.2 Å². The first-order valence-corrected chi connectivity index (χ1v) is 24.0. The third kappa shape index (κ3) is 13.2. The van der Waals surface area contributed by atoms with E-state index < -0.39 is 51.5 Å². The van der Waals surface area contributed by atoms with E-state index >= 15 is 0 Å². The average molecular weight is 956 g/mol. The highest BCUT2D eigenvalue weighted by atomic mass is 35.5. The molecule has 64 heavy (non-hydrogen) atoms. The summed E-state index contributed by atoms with van der Waals surface area (Å²) < 4.78 is 90.6. The maximum Gasteiger partial charge on any atom is 0.416 e. The Morgan fingerprint density at radius 2 is 0.641 bits per heavy atom. The fourth-order valence-electron chi connectivity index (χ4n) is 6.62. The lowest BCUT2D eigenvalue weighted by molar-refractivity contribution is -0.372. The van der Waals surface area contributed by atoms with Gasteiger partial charge in [-0.05, 0) is 91.0 Å². The summed E-state index contributed by atoms with van der Waals surface area (Å²) in [5, 5.41) is 27.4. The first-order valence-electron chi connectivity index (χ1n) is 19.6. The van der Waals surface area contributed by atoms with Crippen molar-refractivity contribution < 1.29 is 50.1 Å². The Balaban J connectivity index is 0.000000183.